The second-order valence-electron chi connectivity index (χ2n) is 7.04. The Kier molecular flexibility index (Phi) is 7.91. The van der Waals surface area contributed by atoms with E-state index in [1.54, 1.807) is 14.1 Å². The van der Waals surface area contributed by atoms with Crippen molar-refractivity contribution in [1.29, 1.82) is 0 Å². The van der Waals surface area contributed by atoms with Crippen LogP contribution >= 0.6 is 0 Å². The van der Waals surface area contributed by atoms with Crippen molar-refractivity contribution in [3.05, 3.63) is 29.8 Å². The van der Waals surface area contributed by atoms with Crippen molar-refractivity contribution in [2.45, 2.75) is 38.6 Å². The molecule has 2 unspecified atom stereocenters. The molecule has 0 spiro atoms. The molecule has 2 N–H and O–H groups in total. The van der Waals surface area contributed by atoms with Crippen LogP contribution in [0, 0.1) is 5.92 Å². The van der Waals surface area contributed by atoms with Crippen LogP contribution in [0.2, 0.25) is 0 Å². The first-order valence-electron chi connectivity index (χ1n) is 9.43. The lowest BCUT2D eigenvalue weighted by atomic mass is 10.0. The Morgan fingerprint density at radius 1 is 1.35 bits per heavy atom. The number of ether oxygens (including phenoxy) is 1. The summed E-state index contributed by atoms with van der Waals surface area (Å²) >= 11 is 0. The molecule has 2 amide bonds. The Hall–Kier alpha value is -2.08. The number of nitrogens with zero attached hydrogens (tertiary/aromatic N) is 1. The number of amides is 2. The zero-order valence-electron chi connectivity index (χ0n) is 16.1. The molecule has 0 bridgehead atoms. The van der Waals surface area contributed by atoms with Crippen LogP contribution < -0.4 is 15.4 Å². The number of hydrogen-bond donors (Lipinski definition) is 2. The standard InChI is InChI=1S/C20H31N3O3/c1-4-17(22-19(24)10-9-15-11-12-21-13-15)16-7-5-6-8-18(16)26-14-20(25)23(2)3/h5-8,15,17,21H,4,9-14H2,1-3H3,(H,22,24). The van der Waals surface area contributed by atoms with Gasteiger partial charge in [0.1, 0.15) is 5.75 Å². The van der Waals surface area contributed by atoms with Crippen LogP contribution in [0.5, 0.6) is 5.75 Å². The number of likely N-dealkylation sites (N-methyl/N-ethyl adjacent to an activating group) is 1. The minimum absolute atomic E-state index is 0.0108. The zero-order chi connectivity index (χ0) is 18.9. The summed E-state index contributed by atoms with van der Waals surface area (Å²) in [6.07, 6.45) is 3.38. The topological polar surface area (TPSA) is 70.7 Å². The van der Waals surface area contributed by atoms with Gasteiger partial charge in [-0.2, -0.15) is 0 Å². The highest BCUT2D eigenvalue weighted by Crippen LogP contribution is 2.27. The molecular weight excluding hydrogens is 330 g/mol. The van der Waals surface area contributed by atoms with E-state index in [0.29, 0.717) is 18.1 Å². The summed E-state index contributed by atoms with van der Waals surface area (Å²) < 4.78 is 5.72. The van der Waals surface area contributed by atoms with E-state index in [1.165, 1.54) is 4.90 Å². The molecular formula is C20H31N3O3. The fraction of sp³-hybridized carbons (Fsp3) is 0.600. The Balaban J connectivity index is 1.95. The minimum atomic E-state index is -0.116. The molecule has 1 fully saturated rings. The van der Waals surface area contributed by atoms with Crippen LogP contribution in [0.1, 0.15) is 44.2 Å². The summed E-state index contributed by atoms with van der Waals surface area (Å²) in [5.74, 6) is 1.23. The summed E-state index contributed by atoms with van der Waals surface area (Å²) in [6.45, 7) is 4.10. The Bertz CT molecular complexity index is 598. The smallest absolute Gasteiger partial charge is 0.259 e. The van der Waals surface area contributed by atoms with Gasteiger partial charge in [0.2, 0.25) is 5.91 Å². The first-order valence-corrected chi connectivity index (χ1v) is 9.43. The molecule has 1 heterocycles. The van der Waals surface area contributed by atoms with Gasteiger partial charge in [0.05, 0.1) is 6.04 Å². The van der Waals surface area contributed by atoms with Gasteiger partial charge in [0.25, 0.3) is 5.91 Å². The minimum Gasteiger partial charge on any atom is -0.483 e. The Morgan fingerprint density at radius 2 is 2.12 bits per heavy atom. The quantitative estimate of drug-likeness (QED) is 0.707. The molecule has 1 aromatic rings. The van der Waals surface area contributed by atoms with Gasteiger partial charge >= 0.3 is 0 Å². The van der Waals surface area contributed by atoms with Crippen molar-refractivity contribution < 1.29 is 14.3 Å². The number of para-hydroxylation sites is 1. The second-order valence-corrected chi connectivity index (χ2v) is 7.04. The van der Waals surface area contributed by atoms with E-state index >= 15 is 0 Å². The molecule has 1 saturated heterocycles. The fourth-order valence-corrected chi connectivity index (χ4v) is 3.13. The van der Waals surface area contributed by atoms with Crippen LogP contribution in [0.25, 0.3) is 0 Å². The number of rotatable bonds is 9. The molecule has 1 aliphatic rings. The molecule has 0 radical (unpaired) electrons. The fourth-order valence-electron chi connectivity index (χ4n) is 3.13. The van der Waals surface area contributed by atoms with Crippen LogP contribution in [-0.4, -0.2) is 50.5 Å². The van der Waals surface area contributed by atoms with Crippen LogP contribution in [0.4, 0.5) is 0 Å². The van der Waals surface area contributed by atoms with Crippen LogP contribution in [0.15, 0.2) is 24.3 Å². The van der Waals surface area contributed by atoms with Crippen molar-refractivity contribution in [3.63, 3.8) is 0 Å². The molecule has 26 heavy (non-hydrogen) atoms. The average molecular weight is 361 g/mol. The highest BCUT2D eigenvalue weighted by molar-refractivity contribution is 5.77. The van der Waals surface area contributed by atoms with Crippen LogP contribution in [-0.2, 0) is 9.59 Å². The zero-order valence-corrected chi connectivity index (χ0v) is 16.1. The molecule has 0 aromatic heterocycles. The monoisotopic (exact) mass is 361 g/mol. The summed E-state index contributed by atoms with van der Waals surface area (Å²) in [4.78, 5) is 25.7. The average Bonchev–Trinajstić information content (AvgIpc) is 3.16. The van der Waals surface area contributed by atoms with Crippen LogP contribution in [0.3, 0.4) is 0 Å². The first kappa shape index (κ1) is 20.2. The third-order valence-electron chi connectivity index (χ3n) is 4.83. The maximum atomic E-state index is 12.4. The Morgan fingerprint density at radius 3 is 2.77 bits per heavy atom. The highest BCUT2D eigenvalue weighted by Gasteiger charge is 2.20. The SMILES string of the molecule is CCC(NC(=O)CCC1CCNC1)c1ccccc1OCC(=O)N(C)C. The largest absolute Gasteiger partial charge is 0.483 e. The molecule has 144 valence electrons. The lowest BCUT2D eigenvalue weighted by Gasteiger charge is -2.21. The van der Waals surface area contributed by atoms with Crippen molar-refractivity contribution in [2.24, 2.45) is 5.92 Å². The summed E-state index contributed by atoms with van der Waals surface area (Å²) in [6, 6.07) is 7.48. The first-order chi connectivity index (χ1) is 12.5. The molecule has 1 aromatic carbocycles. The number of nitrogens with one attached hydrogen (secondary N) is 2. The molecule has 6 heteroatoms. The molecule has 1 aliphatic heterocycles. The lowest BCUT2D eigenvalue weighted by molar-refractivity contribution is -0.130. The van der Waals surface area contributed by atoms with E-state index in [-0.39, 0.29) is 24.5 Å². The van der Waals surface area contributed by atoms with Crippen molar-refractivity contribution >= 4 is 11.8 Å². The summed E-state index contributed by atoms with van der Waals surface area (Å²) in [5.41, 5.74) is 0.914. The summed E-state index contributed by atoms with van der Waals surface area (Å²) in [7, 11) is 3.40. The van der Waals surface area contributed by atoms with E-state index < -0.39 is 0 Å². The van der Waals surface area contributed by atoms with Gasteiger partial charge in [0, 0.05) is 26.1 Å². The maximum absolute atomic E-state index is 12.4. The van der Waals surface area contributed by atoms with Gasteiger partial charge in [-0.3, -0.25) is 9.59 Å². The maximum Gasteiger partial charge on any atom is 0.259 e. The molecule has 6 nitrogen and oxygen atoms in total. The van der Waals surface area contributed by atoms with Crippen molar-refractivity contribution in [2.75, 3.05) is 33.8 Å². The predicted molar refractivity (Wildman–Crippen MR) is 102 cm³/mol. The van der Waals surface area contributed by atoms with Gasteiger partial charge in [-0.15, -0.1) is 0 Å². The van der Waals surface area contributed by atoms with E-state index in [1.807, 2.05) is 31.2 Å². The molecule has 0 aliphatic carbocycles. The van der Waals surface area contributed by atoms with Gasteiger partial charge in [-0.25, -0.2) is 0 Å². The Labute approximate surface area is 156 Å². The number of carbonyl (C=O) groups is 2. The highest BCUT2D eigenvalue weighted by atomic mass is 16.5. The second kappa shape index (κ2) is 10.2. The van der Waals surface area contributed by atoms with Gasteiger partial charge < -0.3 is 20.3 Å². The normalized spacial score (nSPS) is 17.6. The number of carbonyl (C=O) groups excluding carboxylic acids is 2. The van der Waals surface area contributed by atoms with E-state index in [0.717, 1.165) is 37.9 Å². The van der Waals surface area contributed by atoms with E-state index in [9.17, 15) is 9.59 Å². The summed E-state index contributed by atoms with van der Waals surface area (Å²) in [5, 5.41) is 6.46. The molecule has 2 atom stereocenters. The predicted octanol–water partition coefficient (Wildman–Crippen LogP) is 2.11. The molecule has 2 rings (SSSR count). The number of hydrogen-bond acceptors (Lipinski definition) is 4. The van der Waals surface area contributed by atoms with Crippen molar-refractivity contribution in [3.8, 4) is 5.75 Å². The molecule has 0 saturated carbocycles. The third-order valence-corrected chi connectivity index (χ3v) is 4.83. The van der Waals surface area contributed by atoms with Gasteiger partial charge in [0.15, 0.2) is 6.61 Å². The van der Waals surface area contributed by atoms with E-state index in [2.05, 4.69) is 10.6 Å². The van der Waals surface area contributed by atoms with Gasteiger partial charge in [-0.1, -0.05) is 25.1 Å². The number of benzene rings is 1. The third kappa shape index (κ3) is 6.02. The van der Waals surface area contributed by atoms with Gasteiger partial charge in [-0.05, 0) is 44.3 Å². The lowest BCUT2D eigenvalue weighted by Crippen LogP contribution is -2.30. The van der Waals surface area contributed by atoms with E-state index in [4.69, 9.17) is 4.74 Å². The van der Waals surface area contributed by atoms with Crippen molar-refractivity contribution in [1.82, 2.24) is 15.5 Å².